The van der Waals surface area contributed by atoms with Crippen LogP contribution in [0.1, 0.15) is 41.5 Å². The normalized spacial score (nSPS) is 9.77. The second-order valence-corrected chi connectivity index (χ2v) is 9.45. The second-order valence-electron chi connectivity index (χ2n) is 5.93. The van der Waals surface area contributed by atoms with Crippen LogP contribution >= 0.6 is 0 Å². The minimum Gasteiger partial charge on any atom is -0.394 e. The standard InChI is InChI=1S/C7H10FSi.3C3H8O.Hf/c1-9(2,8)7-5-3-4-6-7;3*1-3(2)4;/h3-6H,1-2H3;3*3-4H,1-2H3;/q-1;;;;. The van der Waals surface area contributed by atoms with E-state index in [4.69, 9.17) is 15.3 Å². The van der Waals surface area contributed by atoms with E-state index in [9.17, 15) is 4.11 Å². The summed E-state index contributed by atoms with van der Waals surface area (Å²) in [5, 5.41) is 25.1. The van der Waals surface area contributed by atoms with Crippen molar-refractivity contribution in [3.8, 4) is 0 Å². The number of hydrogen-bond acceptors (Lipinski definition) is 3. The molecule has 0 saturated carbocycles. The van der Waals surface area contributed by atoms with Crippen LogP contribution in [0.4, 0.5) is 4.11 Å². The van der Waals surface area contributed by atoms with Crippen LogP contribution in [0, 0.1) is 0 Å². The molecule has 0 aliphatic heterocycles. The maximum absolute atomic E-state index is 13.1. The fourth-order valence-corrected chi connectivity index (χ4v) is 1.76. The van der Waals surface area contributed by atoms with Gasteiger partial charge in [0.1, 0.15) is 0 Å². The van der Waals surface area contributed by atoms with E-state index < -0.39 is 8.41 Å². The molecule has 0 heterocycles. The Balaban J connectivity index is -0.000000107. The zero-order valence-corrected chi connectivity index (χ0v) is 19.9. The predicted octanol–water partition coefficient (Wildman–Crippen LogP) is 2.95. The van der Waals surface area contributed by atoms with Crippen LogP contribution in [0.5, 0.6) is 0 Å². The summed E-state index contributed by atoms with van der Waals surface area (Å²) in [5.41, 5.74) is 0. The summed E-state index contributed by atoms with van der Waals surface area (Å²) >= 11 is 0. The van der Waals surface area contributed by atoms with Gasteiger partial charge in [0, 0.05) is 44.2 Å². The molecular weight excluding hydrogens is 466 g/mol. The first-order chi connectivity index (χ1) is 9.30. The van der Waals surface area contributed by atoms with Crippen LogP contribution in [0.15, 0.2) is 24.3 Å². The molecule has 0 amide bonds. The molecular formula is C16H34FHfO3Si-. The van der Waals surface area contributed by atoms with Crippen LogP contribution in [0.3, 0.4) is 0 Å². The average Bonchev–Trinajstić information content (AvgIpc) is 2.64. The smallest absolute Gasteiger partial charge is 0.214 e. The van der Waals surface area contributed by atoms with Crippen LogP contribution in [-0.2, 0) is 25.8 Å². The van der Waals surface area contributed by atoms with Crippen molar-refractivity contribution in [2.24, 2.45) is 0 Å². The Morgan fingerprint density at radius 2 is 0.955 bits per heavy atom. The van der Waals surface area contributed by atoms with Gasteiger partial charge in [0.25, 0.3) is 0 Å². The third kappa shape index (κ3) is 42.7. The van der Waals surface area contributed by atoms with Crippen LogP contribution in [0.25, 0.3) is 0 Å². The van der Waals surface area contributed by atoms with Crippen LogP contribution in [-0.4, -0.2) is 42.0 Å². The summed E-state index contributed by atoms with van der Waals surface area (Å²) < 4.78 is 13.1. The molecule has 22 heavy (non-hydrogen) atoms. The van der Waals surface area contributed by atoms with Gasteiger partial charge in [-0.1, -0.05) is 0 Å². The van der Waals surface area contributed by atoms with Crippen molar-refractivity contribution in [3.05, 3.63) is 24.3 Å². The van der Waals surface area contributed by atoms with Gasteiger partial charge in [0.2, 0.25) is 8.41 Å². The number of rotatable bonds is 1. The Morgan fingerprint density at radius 1 is 0.773 bits per heavy atom. The van der Waals surface area contributed by atoms with Gasteiger partial charge < -0.3 is 19.4 Å². The SMILES string of the molecule is CC(C)O.CC(C)O.CC(C)O.C[Si](C)(F)[c-]1cccc1.[Hf]. The third-order valence-corrected chi connectivity index (χ3v) is 3.06. The van der Waals surface area contributed by atoms with Crippen LogP contribution < -0.4 is 5.19 Å². The first kappa shape index (κ1) is 30.2. The van der Waals surface area contributed by atoms with Gasteiger partial charge in [-0.2, -0.15) is 12.1 Å². The molecule has 0 radical (unpaired) electrons. The molecule has 0 aromatic heterocycles. The first-order valence-electron chi connectivity index (χ1n) is 7.26. The van der Waals surface area contributed by atoms with Gasteiger partial charge >= 0.3 is 0 Å². The molecule has 3 N–H and O–H groups in total. The van der Waals surface area contributed by atoms with Gasteiger partial charge in [0.05, 0.1) is 0 Å². The average molecular weight is 500 g/mol. The molecule has 0 atom stereocenters. The van der Waals surface area contributed by atoms with Gasteiger partial charge in [-0.15, -0.1) is 5.19 Å². The Labute approximate surface area is 155 Å². The zero-order valence-electron chi connectivity index (χ0n) is 15.3. The Kier molecular flexibility index (Phi) is 24.1. The molecule has 0 spiro atoms. The largest absolute Gasteiger partial charge is 0.394 e. The molecule has 0 saturated heterocycles. The third-order valence-electron chi connectivity index (χ3n) is 1.35. The summed E-state index contributed by atoms with van der Waals surface area (Å²) in [6, 6.07) is 7.46. The maximum Gasteiger partial charge on any atom is 0.214 e. The van der Waals surface area contributed by atoms with E-state index in [1.54, 1.807) is 54.6 Å². The second kappa shape index (κ2) is 17.6. The van der Waals surface area contributed by atoms with Crippen molar-refractivity contribution in [3.63, 3.8) is 0 Å². The minimum atomic E-state index is -2.48. The molecule has 132 valence electrons. The molecule has 0 aliphatic rings. The van der Waals surface area contributed by atoms with Crippen molar-refractivity contribution < 1.29 is 45.3 Å². The first-order valence-corrected chi connectivity index (χ1v) is 10.1. The molecule has 1 aromatic carbocycles. The molecule has 0 bridgehead atoms. The van der Waals surface area contributed by atoms with Gasteiger partial charge in [-0.05, 0) is 54.6 Å². The summed E-state index contributed by atoms with van der Waals surface area (Å²) in [5.74, 6) is 0. The van der Waals surface area contributed by atoms with Gasteiger partial charge in [-0.3, -0.25) is 0 Å². The van der Waals surface area contributed by atoms with Gasteiger partial charge in [-0.25, -0.2) is 12.1 Å². The zero-order chi connectivity index (χ0) is 17.6. The van der Waals surface area contributed by atoms with Crippen molar-refractivity contribution in [1.29, 1.82) is 0 Å². The van der Waals surface area contributed by atoms with Crippen molar-refractivity contribution in [2.75, 3.05) is 0 Å². The van der Waals surface area contributed by atoms with E-state index in [2.05, 4.69) is 0 Å². The summed E-state index contributed by atoms with van der Waals surface area (Å²) in [4.78, 5) is 0. The predicted molar refractivity (Wildman–Crippen MR) is 92.3 cm³/mol. The number of aliphatic hydroxyl groups is 3. The number of halogens is 1. The molecule has 6 heteroatoms. The summed E-state index contributed by atoms with van der Waals surface area (Å²) in [7, 11) is -2.48. The van der Waals surface area contributed by atoms with Crippen molar-refractivity contribution in [1.82, 2.24) is 0 Å². The summed E-state index contributed by atoms with van der Waals surface area (Å²) in [6.07, 6.45) is -0.500. The number of aliphatic hydroxyl groups excluding tert-OH is 3. The molecule has 1 aromatic rings. The van der Waals surface area contributed by atoms with E-state index in [0.717, 1.165) is 5.19 Å². The van der Waals surface area contributed by atoms with Crippen molar-refractivity contribution >= 4 is 13.6 Å². The van der Waals surface area contributed by atoms with E-state index in [1.807, 2.05) is 24.3 Å². The maximum atomic E-state index is 13.1. The monoisotopic (exact) mass is 501 g/mol. The molecule has 0 fully saturated rings. The fraction of sp³-hybridized carbons (Fsp3) is 0.688. The van der Waals surface area contributed by atoms with Crippen LogP contribution in [0.2, 0.25) is 13.1 Å². The summed E-state index contributed by atoms with van der Waals surface area (Å²) in [6.45, 7) is 13.7. The van der Waals surface area contributed by atoms with Crippen molar-refractivity contribution in [2.45, 2.75) is 72.9 Å². The minimum absolute atomic E-state index is 0. The van der Waals surface area contributed by atoms with E-state index >= 15 is 0 Å². The van der Waals surface area contributed by atoms with Gasteiger partial charge in [0.15, 0.2) is 0 Å². The molecule has 0 aliphatic carbocycles. The topological polar surface area (TPSA) is 60.7 Å². The van der Waals surface area contributed by atoms with E-state index in [0.29, 0.717) is 0 Å². The van der Waals surface area contributed by atoms with E-state index in [-0.39, 0.29) is 44.2 Å². The Bertz CT molecular complexity index is 274. The Hall–Kier alpha value is 0.247. The molecule has 0 unspecified atom stereocenters. The quantitative estimate of drug-likeness (QED) is 0.316. The van der Waals surface area contributed by atoms with E-state index in [1.165, 1.54) is 0 Å². The Morgan fingerprint density at radius 3 is 1.05 bits per heavy atom. The molecule has 3 nitrogen and oxygen atoms in total. The fourth-order valence-electron chi connectivity index (χ4n) is 0.770. The number of hydrogen-bond donors (Lipinski definition) is 3. The molecule has 1 rings (SSSR count).